The normalized spacial score (nSPS) is 14.9. The van der Waals surface area contributed by atoms with Crippen LogP contribution in [0.1, 0.15) is 22.6 Å². The zero-order valence-electron chi connectivity index (χ0n) is 18.1. The first-order valence-electron chi connectivity index (χ1n) is 10.5. The van der Waals surface area contributed by atoms with Crippen LogP contribution in [0.15, 0.2) is 76.2 Å². The predicted molar refractivity (Wildman–Crippen MR) is 133 cm³/mol. The van der Waals surface area contributed by atoms with E-state index in [-0.39, 0.29) is 0 Å². The van der Waals surface area contributed by atoms with Crippen molar-refractivity contribution in [1.82, 2.24) is 5.16 Å². The Labute approximate surface area is 202 Å². The lowest BCUT2D eigenvalue weighted by Gasteiger charge is -2.35. The van der Waals surface area contributed by atoms with Crippen LogP contribution in [-0.2, 0) is 6.54 Å². The SMILES string of the molecule is Cc1noc(C)c1-c1ccc2c(c1)C=NC(Oc1ccc(Cl)cc1)N2Cc1cccc(Cl)c1. The molecule has 7 heteroatoms. The maximum atomic E-state index is 6.24. The van der Waals surface area contributed by atoms with E-state index in [1.807, 2.05) is 56.5 Å². The van der Waals surface area contributed by atoms with Crippen molar-refractivity contribution in [2.75, 3.05) is 4.90 Å². The fraction of sp³-hybridized carbons (Fsp3) is 0.154. The molecule has 1 aliphatic rings. The standard InChI is InChI=1S/C26H21Cl2N3O2/c1-16-25(17(2)33-30-16)19-6-11-24-20(13-19)14-29-26(32-23-9-7-21(27)8-10-23)31(24)15-18-4-3-5-22(28)12-18/h3-14,26H,15H2,1-2H3. The highest BCUT2D eigenvalue weighted by Gasteiger charge is 2.26. The van der Waals surface area contributed by atoms with Gasteiger partial charge in [-0.05, 0) is 73.5 Å². The van der Waals surface area contributed by atoms with E-state index in [0.717, 1.165) is 39.4 Å². The Balaban J connectivity index is 1.53. The Kier molecular flexibility index (Phi) is 5.83. The van der Waals surface area contributed by atoms with Crippen LogP contribution in [0.5, 0.6) is 5.75 Å². The molecule has 5 rings (SSSR count). The maximum Gasteiger partial charge on any atom is 0.270 e. The lowest BCUT2D eigenvalue weighted by Crippen LogP contribution is -2.40. The molecule has 0 N–H and O–H groups in total. The van der Waals surface area contributed by atoms with Gasteiger partial charge in [-0.15, -0.1) is 0 Å². The van der Waals surface area contributed by atoms with Gasteiger partial charge in [0.2, 0.25) is 0 Å². The number of aromatic nitrogens is 1. The zero-order valence-corrected chi connectivity index (χ0v) is 19.6. The van der Waals surface area contributed by atoms with Crippen molar-refractivity contribution in [3.8, 4) is 16.9 Å². The molecule has 0 radical (unpaired) electrons. The van der Waals surface area contributed by atoms with Crippen molar-refractivity contribution in [1.29, 1.82) is 0 Å². The molecule has 1 unspecified atom stereocenters. The second kappa shape index (κ2) is 8.93. The van der Waals surface area contributed by atoms with Crippen molar-refractivity contribution in [3.63, 3.8) is 0 Å². The molecule has 0 spiro atoms. The number of fused-ring (bicyclic) bond motifs is 1. The molecule has 1 aliphatic heterocycles. The molecule has 0 saturated heterocycles. The van der Waals surface area contributed by atoms with E-state index in [1.54, 1.807) is 12.1 Å². The van der Waals surface area contributed by atoms with Crippen LogP contribution in [0.25, 0.3) is 11.1 Å². The van der Waals surface area contributed by atoms with Gasteiger partial charge < -0.3 is 14.2 Å². The topological polar surface area (TPSA) is 50.9 Å². The van der Waals surface area contributed by atoms with Crippen molar-refractivity contribution in [2.24, 2.45) is 4.99 Å². The summed E-state index contributed by atoms with van der Waals surface area (Å²) < 4.78 is 11.6. The molecule has 33 heavy (non-hydrogen) atoms. The summed E-state index contributed by atoms with van der Waals surface area (Å²) >= 11 is 12.3. The molecule has 1 atom stereocenters. The number of rotatable bonds is 5. The first kappa shape index (κ1) is 21.6. The van der Waals surface area contributed by atoms with Crippen LogP contribution in [0.4, 0.5) is 5.69 Å². The molecule has 0 aliphatic carbocycles. The fourth-order valence-electron chi connectivity index (χ4n) is 4.04. The maximum absolute atomic E-state index is 6.24. The summed E-state index contributed by atoms with van der Waals surface area (Å²) in [4.78, 5) is 6.85. The van der Waals surface area contributed by atoms with Crippen LogP contribution >= 0.6 is 23.2 Å². The number of hydrogen-bond acceptors (Lipinski definition) is 5. The van der Waals surface area contributed by atoms with Crippen molar-refractivity contribution in [3.05, 3.63) is 99.4 Å². The average Bonchev–Trinajstić information content (AvgIpc) is 3.14. The summed E-state index contributed by atoms with van der Waals surface area (Å²) in [5.74, 6) is 1.48. The van der Waals surface area contributed by atoms with E-state index in [1.165, 1.54) is 0 Å². The van der Waals surface area contributed by atoms with E-state index in [0.29, 0.717) is 22.3 Å². The number of hydrogen-bond donors (Lipinski definition) is 0. The van der Waals surface area contributed by atoms with Gasteiger partial charge in [0.05, 0.1) is 11.4 Å². The number of anilines is 1. The van der Waals surface area contributed by atoms with E-state index >= 15 is 0 Å². The van der Waals surface area contributed by atoms with Gasteiger partial charge in [-0.25, -0.2) is 4.99 Å². The van der Waals surface area contributed by atoms with Crippen molar-refractivity contribution >= 4 is 35.1 Å². The average molecular weight is 478 g/mol. The summed E-state index contributed by atoms with van der Waals surface area (Å²) in [6.07, 6.45) is 1.31. The van der Waals surface area contributed by atoms with Gasteiger partial charge in [0.25, 0.3) is 6.35 Å². The van der Waals surface area contributed by atoms with E-state index in [2.05, 4.69) is 28.3 Å². The number of halogens is 2. The highest BCUT2D eigenvalue weighted by Crippen LogP contribution is 2.35. The second-order valence-corrected chi connectivity index (χ2v) is 8.78. The molecule has 3 aromatic carbocycles. The summed E-state index contributed by atoms with van der Waals surface area (Å²) in [5, 5.41) is 5.43. The number of aryl methyl sites for hydroxylation is 2. The smallest absolute Gasteiger partial charge is 0.270 e. The van der Waals surface area contributed by atoms with Gasteiger partial charge in [-0.3, -0.25) is 0 Å². The van der Waals surface area contributed by atoms with Crippen LogP contribution in [-0.4, -0.2) is 17.7 Å². The molecule has 0 bridgehead atoms. The van der Waals surface area contributed by atoms with E-state index < -0.39 is 6.35 Å². The Hall–Kier alpha value is -3.28. The minimum atomic E-state index is -0.539. The largest absolute Gasteiger partial charge is 0.450 e. The minimum Gasteiger partial charge on any atom is -0.450 e. The number of nitrogens with zero attached hydrogens (tertiary/aromatic N) is 3. The Morgan fingerprint density at radius 1 is 0.970 bits per heavy atom. The summed E-state index contributed by atoms with van der Waals surface area (Å²) in [6, 6.07) is 21.4. The van der Waals surface area contributed by atoms with Crippen LogP contribution in [0.2, 0.25) is 10.0 Å². The van der Waals surface area contributed by atoms with Gasteiger partial charge in [0.1, 0.15) is 11.5 Å². The van der Waals surface area contributed by atoms with Crippen LogP contribution < -0.4 is 9.64 Å². The molecule has 4 aromatic rings. The van der Waals surface area contributed by atoms with Gasteiger partial charge in [0.15, 0.2) is 0 Å². The number of aliphatic imine (C=N–C) groups is 1. The molecule has 2 heterocycles. The molecule has 1 aromatic heterocycles. The Morgan fingerprint density at radius 2 is 1.79 bits per heavy atom. The van der Waals surface area contributed by atoms with Gasteiger partial charge >= 0.3 is 0 Å². The van der Waals surface area contributed by atoms with Crippen LogP contribution in [0.3, 0.4) is 0 Å². The third kappa shape index (κ3) is 4.47. The highest BCUT2D eigenvalue weighted by molar-refractivity contribution is 6.30. The molecule has 5 nitrogen and oxygen atoms in total. The van der Waals surface area contributed by atoms with E-state index in [9.17, 15) is 0 Å². The summed E-state index contributed by atoms with van der Waals surface area (Å²) in [5.41, 5.74) is 5.97. The fourth-order valence-corrected chi connectivity index (χ4v) is 4.38. The molecular weight excluding hydrogens is 457 g/mol. The van der Waals surface area contributed by atoms with Gasteiger partial charge in [-0.1, -0.05) is 46.6 Å². The lowest BCUT2D eigenvalue weighted by molar-refractivity contribution is 0.202. The molecule has 0 amide bonds. The summed E-state index contributed by atoms with van der Waals surface area (Å²) in [6.45, 7) is 4.44. The molecule has 0 saturated carbocycles. The van der Waals surface area contributed by atoms with Crippen molar-refractivity contribution < 1.29 is 9.26 Å². The summed E-state index contributed by atoms with van der Waals surface area (Å²) in [7, 11) is 0. The predicted octanol–water partition coefficient (Wildman–Crippen LogP) is 7.07. The first-order valence-corrected chi connectivity index (χ1v) is 11.3. The monoisotopic (exact) mass is 477 g/mol. The molecule has 0 fully saturated rings. The number of ether oxygens (including phenoxy) is 1. The van der Waals surface area contributed by atoms with Gasteiger partial charge in [-0.2, -0.15) is 0 Å². The number of benzene rings is 3. The third-order valence-corrected chi connectivity index (χ3v) is 6.05. The highest BCUT2D eigenvalue weighted by atomic mass is 35.5. The molecular formula is C26H21Cl2N3O2. The zero-order chi connectivity index (χ0) is 22.9. The second-order valence-electron chi connectivity index (χ2n) is 7.91. The Morgan fingerprint density at radius 3 is 2.52 bits per heavy atom. The third-order valence-electron chi connectivity index (χ3n) is 5.56. The van der Waals surface area contributed by atoms with Crippen molar-refractivity contribution in [2.45, 2.75) is 26.7 Å². The van der Waals surface area contributed by atoms with Gasteiger partial charge in [0, 0.05) is 33.9 Å². The Bertz CT molecular complexity index is 1310. The first-order chi connectivity index (χ1) is 16.0. The molecule has 166 valence electrons. The van der Waals surface area contributed by atoms with Crippen LogP contribution in [0, 0.1) is 13.8 Å². The lowest BCUT2D eigenvalue weighted by atomic mass is 9.99. The minimum absolute atomic E-state index is 0.539. The van der Waals surface area contributed by atoms with E-state index in [4.69, 9.17) is 37.5 Å². The quantitative estimate of drug-likeness (QED) is 0.308.